The molecule has 1 N–H and O–H groups in total. The third-order valence-corrected chi connectivity index (χ3v) is 3.44. The number of imidazole rings is 1. The summed E-state index contributed by atoms with van der Waals surface area (Å²) in [4.78, 5) is 8.30. The van der Waals surface area contributed by atoms with Gasteiger partial charge in [0.05, 0.1) is 23.6 Å². The molecule has 0 aliphatic heterocycles. The van der Waals surface area contributed by atoms with Gasteiger partial charge in [-0.3, -0.25) is 4.98 Å². The van der Waals surface area contributed by atoms with Gasteiger partial charge in [0.1, 0.15) is 0 Å². The van der Waals surface area contributed by atoms with E-state index in [1.165, 1.54) is 0 Å². The molecule has 0 aliphatic rings. The van der Waals surface area contributed by atoms with E-state index in [1.807, 2.05) is 4.72 Å². The highest BCUT2D eigenvalue weighted by Crippen LogP contribution is 2.11. The Bertz CT molecular complexity index is 712. The summed E-state index contributed by atoms with van der Waals surface area (Å²) in [5.41, 5.74) is 2.11. The zero-order valence-corrected chi connectivity index (χ0v) is 11.1. The number of nitrogens with one attached hydrogen (secondary N) is 1. The number of sulfonamides is 1. The van der Waals surface area contributed by atoms with E-state index in [-0.39, 0.29) is 6.54 Å². The number of aromatic nitrogens is 3. The smallest absolute Gasteiger partial charge is 0.303 e. The summed E-state index contributed by atoms with van der Waals surface area (Å²) in [6.45, 7) is 3.17. The van der Waals surface area contributed by atoms with E-state index in [0.717, 1.165) is 5.69 Å². The lowest BCUT2D eigenvalue weighted by Gasteiger charge is -2.07. The summed E-state index contributed by atoms with van der Waals surface area (Å²) in [5.74, 6) is -3.46. The molecule has 0 atom stereocenters. The molecule has 0 fully saturated rings. The Morgan fingerprint density at radius 3 is 2.42 bits per heavy atom. The van der Waals surface area contributed by atoms with Crippen LogP contribution >= 0.6 is 0 Å². The summed E-state index contributed by atoms with van der Waals surface area (Å²) in [7, 11) is -4.63. The third kappa shape index (κ3) is 2.87. The minimum Gasteiger partial charge on any atom is -0.303 e. The maximum absolute atomic E-state index is 12.2. The summed E-state index contributed by atoms with van der Waals surface area (Å²) in [6, 6.07) is 0. The van der Waals surface area contributed by atoms with Crippen molar-refractivity contribution in [1.82, 2.24) is 19.1 Å². The molecule has 0 amide bonds. The quantitative estimate of drug-likeness (QED) is 0.911. The van der Waals surface area contributed by atoms with Gasteiger partial charge >= 0.3 is 5.76 Å². The van der Waals surface area contributed by atoms with Crippen LogP contribution in [0.5, 0.6) is 0 Å². The Kier molecular flexibility index (Phi) is 3.50. The number of halogens is 2. The number of rotatable bonds is 4. The van der Waals surface area contributed by atoms with Crippen LogP contribution in [0.2, 0.25) is 0 Å². The number of hydrogen-bond acceptors (Lipinski definition) is 4. The van der Waals surface area contributed by atoms with E-state index >= 15 is 0 Å². The van der Waals surface area contributed by atoms with Gasteiger partial charge in [-0.05, 0) is 13.8 Å². The van der Waals surface area contributed by atoms with Crippen LogP contribution in [0.3, 0.4) is 0 Å². The fourth-order valence-corrected chi connectivity index (χ4v) is 2.14. The first-order valence-corrected chi connectivity index (χ1v) is 6.92. The lowest BCUT2D eigenvalue weighted by molar-refractivity contribution is 0.232. The Balaban J connectivity index is 2.35. The van der Waals surface area contributed by atoms with Crippen LogP contribution in [-0.2, 0) is 16.6 Å². The Hall–Kier alpha value is -1.61. The van der Waals surface area contributed by atoms with Crippen LogP contribution in [0.25, 0.3) is 5.65 Å². The molecule has 0 radical (unpaired) electrons. The van der Waals surface area contributed by atoms with Crippen LogP contribution in [0.1, 0.15) is 17.1 Å². The van der Waals surface area contributed by atoms with Gasteiger partial charge in [0.2, 0.25) is 0 Å². The molecule has 9 heteroatoms. The number of alkyl halides is 2. The van der Waals surface area contributed by atoms with Gasteiger partial charge in [0.15, 0.2) is 5.65 Å². The van der Waals surface area contributed by atoms with Crippen molar-refractivity contribution in [3.63, 3.8) is 0 Å². The molecule has 0 saturated heterocycles. The first-order chi connectivity index (χ1) is 8.79. The second kappa shape index (κ2) is 4.82. The van der Waals surface area contributed by atoms with Crippen molar-refractivity contribution in [3.05, 3.63) is 29.5 Å². The van der Waals surface area contributed by atoms with Crippen molar-refractivity contribution in [1.29, 1.82) is 0 Å². The SMILES string of the molecule is Cc1cn2cc(C)nc2c(CNS(=O)(=O)C(F)F)n1. The Labute approximate surface area is 108 Å². The van der Waals surface area contributed by atoms with Gasteiger partial charge in [0.25, 0.3) is 10.0 Å². The molecule has 104 valence electrons. The predicted octanol–water partition coefficient (Wildman–Crippen LogP) is 0.988. The van der Waals surface area contributed by atoms with Gasteiger partial charge in [-0.25, -0.2) is 18.1 Å². The van der Waals surface area contributed by atoms with Crippen LogP contribution in [-0.4, -0.2) is 28.5 Å². The molecule has 2 heterocycles. The number of fused-ring (bicyclic) bond motifs is 1. The number of nitrogens with zero attached hydrogens (tertiary/aromatic N) is 3. The minimum absolute atomic E-state index is 0.303. The third-order valence-electron chi connectivity index (χ3n) is 2.42. The average molecular weight is 290 g/mol. The molecule has 2 aromatic rings. The lowest BCUT2D eigenvalue weighted by Crippen LogP contribution is -2.29. The fraction of sp³-hybridized carbons (Fsp3) is 0.400. The molecule has 0 saturated carbocycles. The molecule has 0 aromatic carbocycles. The molecule has 0 spiro atoms. The summed E-state index contributed by atoms with van der Waals surface area (Å²) < 4.78 is 50.0. The predicted molar refractivity (Wildman–Crippen MR) is 64.2 cm³/mol. The second-order valence-corrected chi connectivity index (χ2v) is 5.80. The highest BCUT2D eigenvalue weighted by Gasteiger charge is 2.23. The summed E-state index contributed by atoms with van der Waals surface area (Å²) in [5, 5.41) is 0. The monoisotopic (exact) mass is 290 g/mol. The molecule has 2 aromatic heterocycles. The maximum atomic E-state index is 12.2. The standard InChI is InChI=1S/C10H12F2N4O2S/c1-6-4-16-5-7(2)15-9(16)8(14-6)3-13-19(17,18)10(11)12/h4-5,10,13H,3H2,1-2H3. The van der Waals surface area contributed by atoms with Gasteiger partial charge in [-0.1, -0.05) is 0 Å². The Morgan fingerprint density at radius 2 is 1.84 bits per heavy atom. The zero-order chi connectivity index (χ0) is 14.2. The van der Waals surface area contributed by atoms with E-state index in [1.54, 1.807) is 30.6 Å². The van der Waals surface area contributed by atoms with E-state index in [9.17, 15) is 17.2 Å². The molecule has 6 nitrogen and oxygen atoms in total. The van der Waals surface area contributed by atoms with E-state index < -0.39 is 15.8 Å². The van der Waals surface area contributed by atoms with Crippen LogP contribution < -0.4 is 4.72 Å². The van der Waals surface area contributed by atoms with Crippen LogP contribution in [0.4, 0.5) is 8.78 Å². The highest BCUT2D eigenvalue weighted by atomic mass is 32.2. The van der Waals surface area contributed by atoms with E-state index in [4.69, 9.17) is 0 Å². The zero-order valence-electron chi connectivity index (χ0n) is 10.3. The largest absolute Gasteiger partial charge is 0.350 e. The van der Waals surface area contributed by atoms with Crippen molar-refractivity contribution in [2.75, 3.05) is 0 Å². The molecule has 0 aliphatic carbocycles. The summed E-state index contributed by atoms with van der Waals surface area (Å²) >= 11 is 0. The van der Waals surface area contributed by atoms with Gasteiger partial charge in [-0.15, -0.1) is 0 Å². The number of aryl methyl sites for hydroxylation is 2. The first-order valence-electron chi connectivity index (χ1n) is 5.38. The minimum atomic E-state index is -4.63. The second-order valence-electron chi connectivity index (χ2n) is 4.07. The molecule has 0 bridgehead atoms. The van der Waals surface area contributed by atoms with Crippen molar-refractivity contribution >= 4 is 15.7 Å². The van der Waals surface area contributed by atoms with Gasteiger partial charge in [0, 0.05) is 12.4 Å². The average Bonchev–Trinajstić information content (AvgIpc) is 2.66. The van der Waals surface area contributed by atoms with E-state index in [0.29, 0.717) is 17.0 Å². The summed E-state index contributed by atoms with van der Waals surface area (Å²) in [6.07, 6.45) is 3.47. The molecule has 0 unspecified atom stereocenters. The first kappa shape index (κ1) is 13.8. The van der Waals surface area contributed by atoms with Gasteiger partial charge in [-0.2, -0.15) is 8.78 Å². The van der Waals surface area contributed by atoms with Crippen LogP contribution in [0.15, 0.2) is 12.4 Å². The fourth-order valence-electron chi connectivity index (χ4n) is 1.67. The number of hydrogen-bond donors (Lipinski definition) is 1. The molecular weight excluding hydrogens is 278 g/mol. The normalized spacial score (nSPS) is 12.5. The molecular formula is C10H12F2N4O2S. The maximum Gasteiger partial charge on any atom is 0.350 e. The molecule has 19 heavy (non-hydrogen) atoms. The Morgan fingerprint density at radius 1 is 1.26 bits per heavy atom. The van der Waals surface area contributed by atoms with Crippen molar-refractivity contribution in [2.24, 2.45) is 0 Å². The van der Waals surface area contributed by atoms with Gasteiger partial charge < -0.3 is 4.40 Å². The van der Waals surface area contributed by atoms with Crippen LogP contribution in [0, 0.1) is 13.8 Å². The van der Waals surface area contributed by atoms with Crippen molar-refractivity contribution in [3.8, 4) is 0 Å². The van der Waals surface area contributed by atoms with Crippen molar-refractivity contribution in [2.45, 2.75) is 26.1 Å². The van der Waals surface area contributed by atoms with E-state index in [2.05, 4.69) is 9.97 Å². The van der Waals surface area contributed by atoms with Crippen molar-refractivity contribution < 1.29 is 17.2 Å². The molecule has 2 rings (SSSR count). The topological polar surface area (TPSA) is 76.4 Å². The lowest BCUT2D eigenvalue weighted by atomic mass is 10.4. The highest BCUT2D eigenvalue weighted by molar-refractivity contribution is 7.89.